The highest BCUT2D eigenvalue weighted by molar-refractivity contribution is 9.11. The molecule has 2 aromatic carbocycles. The summed E-state index contributed by atoms with van der Waals surface area (Å²) in [7, 11) is 0. The van der Waals surface area contributed by atoms with Gasteiger partial charge >= 0.3 is 0 Å². The molecule has 0 heterocycles. The molecule has 0 bridgehead atoms. The average Bonchev–Trinajstić information content (AvgIpc) is 2.32. The molecule has 1 unspecified atom stereocenters. The molecule has 0 fully saturated rings. The largest absolute Gasteiger partial charge is 0.324 e. The molecule has 0 aliphatic rings. The van der Waals surface area contributed by atoms with Crippen LogP contribution in [-0.4, -0.2) is 0 Å². The number of hydrogen-bond donors (Lipinski definition) is 1. The van der Waals surface area contributed by atoms with Crippen molar-refractivity contribution >= 4 is 43.5 Å². The summed E-state index contributed by atoms with van der Waals surface area (Å²) >= 11 is 12.6. The minimum absolute atomic E-state index is 0.125. The highest BCUT2D eigenvalue weighted by Crippen LogP contribution is 2.26. The smallest absolute Gasteiger partial charge is 0.141 e. The van der Waals surface area contributed by atoms with Gasteiger partial charge in [-0.3, -0.25) is 0 Å². The van der Waals surface area contributed by atoms with E-state index in [1.807, 2.05) is 18.2 Å². The first-order valence-corrected chi connectivity index (χ1v) is 7.57. The van der Waals surface area contributed by atoms with Gasteiger partial charge in [0.2, 0.25) is 0 Å². The quantitative estimate of drug-likeness (QED) is 0.739. The van der Waals surface area contributed by atoms with Crippen molar-refractivity contribution in [1.82, 2.24) is 0 Å². The molecule has 1 nitrogen and oxygen atoms in total. The second-order valence-electron chi connectivity index (χ2n) is 4.26. The summed E-state index contributed by atoms with van der Waals surface area (Å²) in [4.78, 5) is 0. The van der Waals surface area contributed by atoms with E-state index in [4.69, 9.17) is 17.3 Å². The zero-order valence-corrected chi connectivity index (χ0v) is 13.8. The lowest BCUT2D eigenvalue weighted by atomic mass is 10.00. The van der Waals surface area contributed by atoms with Crippen LogP contribution in [0.3, 0.4) is 0 Å². The fraction of sp³-hybridized carbons (Fsp3) is 0.143. The van der Waals surface area contributed by atoms with Gasteiger partial charge in [-0.25, -0.2) is 4.39 Å². The molecule has 0 aliphatic carbocycles. The average molecular weight is 408 g/mol. The third kappa shape index (κ3) is 4.02. The van der Waals surface area contributed by atoms with Gasteiger partial charge in [-0.1, -0.05) is 49.5 Å². The number of halogens is 4. The molecule has 100 valence electrons. The molecule has 2 rings (SSSR count). The fourth-order valence-corrected chi connectivity index (χ4v) is 3.36. The van der Waals surface area contributed by atoms with Crippen LogP contribution in [0, 0.1) is 5.82 Å². The molecule has 0 aromatic heterocycles. The lowest BCUT2D eigenvalue weighted by molar-refractivity contribution is 0.626. The molecular weight excluding hydrogens is 396 g/mol. The second-order valence-corrected chi connectivity index (χ2v) is 6.50. The lowest BCUT2D eigenvalue weighted by Gasteiger charge is -2.13. The third-order valence-electron chi connectivity index (χ3n) is 2.75. The molecule has 0 saturated heterocycles. The Kier molecular flexibility index (Phi) is 5.01. The van der Waals surface area contributed by atoms with E-state index in [1.54, 1.807) is 12.1 Å². The zero-order valence-electron chi connectivity index (χ0n) is 9.84. The Bertz CT molecular complexity index is 584. The summed E-state index contributed by atoms with van der Waals surface area (Å²) in [6.07, 6.45) is 0.600. The van der Waals surface area contributed by atoms with Gasteiger partial charge in [-0.05, 0) is 47.9 Å². The van der Waals surface area contributed by atoms with Gasteiger partial charge in [-0.15, -0.1) is 0 Å². The maximum atomic E-state index is 13.1. The molecule has 19 heavy (non-hydrogen) atoms. The highest BCUT2D eigenvalue weighted by atomic mass is 79.9. The van der Waals surface area contributed by atoms with Crippen molar-refractivity contribution in [3.05, 3.63) is 67.3 Å². The molecule has 0 spiro atoms. The fourth-order valence-electron chi connectivity index (χ4n) is 1.83. The van der Waals surface area contributed by atoms with Crippen LogP contribution in [0.5, 0.6) is 0 Å². The van der Waals surface area contributed by atoms with Crippen molar-refractivity contribution in [2.75, 3.05) is 0 Å². The Balaban J connectivity index is 2.20. The van der Waals surface area contributed by atoms with E-state index < -0.39 is 5.82 Å². The summed E-state index contributed by atoms with van der Waals surface area (Å²) in [5.74, 6) is -0.413. The Morgan fingerprint density at radius 1 is 1.11 bits per heavy atom. The predicted octanol–water partition coefficient (Wildman–Crippen LogP) is 5.25. The van der Waals surface area contributed by atoms with Crippen LogP contribution in [0.1, 0.15) is 17.2 Å². The predicted molar refractivity (Wildman–Crippen MR) is 83.9 cm³/mol. The van der Waals surface area contributed by atoms with Crippen molar-refractivity contribution in [3.8, 4) is 0 Å². The van der Waals surface area contributed by atoms with Crippen LogP contribution in [0.25, 0.3) is 0 Å². The maximum Gasteiger partial charge on any atom is 0.141 e. The SMILES string of the molecule is NC(Cc1ccc(F)c(Cl)c1)c1cc(Br)cc(Br)c1. The molecule has 2 aromatic rings. The normalized spacial score (nSPS) is 12.5. The van der Waals surface area contributed by atoms with E-state index >= 15 is 0 Å². The van der Waals surface area contributed by atoms with Gasteiger partial charge in [0.25, 0.3) is 0 Å². The number of hydrogen-bond acceptors (Lipinski definition) is 1. The summed E-state index contributed by atoms with van der Waals surface area (Å²) in [6, 6.07) is 10.4. The van der Waals surface area contributed by atoms with E-state index in [1.165, 1.54) is 6.07 Å². The van der Waals surface area contributed by atoms with Crippen LogP contribution >= 0.6 is 43.5 Å². The third-order valence-corrected chi connectivity index (χ3v) is 3.96. The van der Waals surface area contributed by atoms with Gasteiger partial charge in [0, 0.05) is 15.0 Å². The summed E-state index contributed by atoms with van der Waals surface area (Å²) in [6.45, 7) is 0. The first kappa shape index (κ1) is 15.0. The topological polar surface area (TPSA) is 26.0 Å². The molecule has 0 aliphatic heterocycles. The van der Waals surface area contributed by atoms with Crippen LogP contribution in [0.15, 0.2) is 45.3 Å². The molecule has 5 heteroatoms. The van der Waals surface area contributed by atoms with Crippen LogP contribution in [-0.2, 0) is 6.42 Å². The molecule has 0 saturated carbocycles. The number of rotatable bonds is 3. The highest BCUT2D eigenvalue weighted by Gasteiger charge is 2.10. The van der Waals surface area contributed by atoms with Crippen LogP contribution in [0.4, 0.5) is 4.39 Å². The molecule has 1 atom stereocenters. The lowest BCUT2D eigenvalue weighted by Crippen LogP contribution is -2.13. The maximum absolute atomic E-state index is 13.1. The summed E-state index contributed by atoms with van der Waals surface area (Å²) < 4.78 is 15.0. The van der Waals surface area contributed by atoms with E-state index in [-0.39, 0.29) is 11.1 Å². The minimum Gasteiger partial charge on any atom is -0.324 e. The van der Waals surface area contributed by atoms with E-state index in [0.717, 1.165) is 20.1 Å². The summed E-state index contributed by atoms with van der Waals surface area (Å²) in [5, 5.41) is 0.125. The Morgan fingerprint density at radius 2 is 1.74 bits per heavy atom. The zero-order chi connectivity index (χ0) is 14.0. The van der Waals surface area contributed by atoms with Crippen molar-refractivity contribution in [3.63, 3.8) is 0 Å². The van der Waals surface area contributed by atoms with E-state index in [2.05, 4.69) is 31.9 Å². The standard InChI is InChI=1S/C14H11Br2ClFN/c15-10-5-9(6-11(16)7-10)14(19)4-8-1-2-13(18)12(17)3-8/h1-3,5-7,14H,4,19H2. The molecule has 0 amide bonds. The Labute approximate surface area is 133 Å². The second kappa shape index (κ2) is 6.35. The first-order chi connectivity index (χ1) is 8.95. The van der Waals surface area contributed by atoms with Gasteiger partial charge in [-0.2, -0.15) is 0 Å². The molecular formula is C14H11Br2ClFN. The van der Waals surface area contributed by atoms with Crippen LogP contribution < -0.4 is 5.73 Å². The Hall–Kier alpha value is -0.420. The summed E-state index contributed by atoms with van der Waals surface area (Å²) in [5.41, 5.74) is 8.09. The number of benzene rings is 2. The van der Waals surface area contributed by atoms with Crippen molar-refractivity contribution < 1.29 is 4.39 Å². The number of nitrogens with two attached hydrogens (primary N) is 1. The van der Waals surface area contributed by atoms with Gasteiger partial charge in [0.05, 0.1) is 5.02 Å². The molecule has 2 N–H and O–H groups in total. The minimum atomic E-state index is -0.413. The van der Waals surface area contributed by atoms with E-state index in [0.29, 0.717) is 6.42 Å². The van der Waals surface area contributed by atoms with Gasteiger partial charge in [0.1, 0.15) is 5.82 Å². The van der Waals surface area contributed by atoms with E-state index in [9.17, 15) is 4.39 Å². The monoisotopic (exact) mass is 405 g/mol. The van der Waals surface area contributed by atoms with Crippen molar-refractivity contribution in [1.29, 1.82) is 0 Å². The van der Waals surface area contributed by atoms with Crippen LogP contribution in [0.2, 0.25) is 5.02 Å². The van der Waals surface area contributed by atoms with Crippen molar-refractivity contribution in [2.24, 2.45) is 5.73 Å². The Morgan fingerprint density at radius 3 is 2.32 bits per heavy atom. The van der Waals surface area contributed by atoms with Gasteiger partial charge in [0.15, 0.2) is 0 Å². The van der Waals surface area contributed by atoms with Gasteiger partial charge < -0.3 is 5.73 Å². The van der Waals surface area contributed by atoms with Crippen molar-refractivity contribution in [2.45, 2.75) is 12.5 Å². The molecule has 0 radical (unpaired) electrons. The first-order valence-electron chi connectivity index (χ1n) is 5.61.